The Hall–Kier alpha value is -3.62. The molecule has 9 heteroatoms. The molecule has 0 spiro atoms. The molecule has 0 amide bonds. The van der Waals surface area contributed by atoms with Gasteiger partial charge in [0.1, 0.15) is 12.0 Å². The third-order valence-electron chi connectivity index (χ3n) is 9.22. The number of aromatic nitrogens is 2. The second-order valence-electron chi connectivity index (χ2n) is 11.6. The number of nitrogens with zero attached hydrogens (tertiary/aromatic N) is 2. The van der Waals surface area contributed by atoms with Crippen LogP contribution < -0.4 is 4.74 Å². The lowest BCUT2D eigenvalue weighted by molar-refractivity contribution is -0.156. The molecule has 0 N–H and O–H groups in total. The van der Waals surface area contributed by atoms with Crippen LogP contribution in [0.5, 0.6) is 5.88 Å². The number of rotatable bonds is 8. The van der Waals surface area contributed by atoms with E-state index in [1.165, 1.54) is 38.5 Å². The zero-order chi connectivity index (χ0) is 27.8. The van der Waals surface area contributed by atoms with Crippen molar-refractivity contribution in [1.29, 1.82) is 0 Å². The summed E-state index contributed by atoms with van der Waals surface area (Å²) in [5.41, 5.74) is 2.19. The van der Waals surface area contributed by atoms with E-state index in [1.807, 2.05) is 6.07 Å². The van der Waals surface area contributed by atoms with E-state index in [0.29, 0.717) is 17.0 Å². The summed E-state index contributed by atoms with van der Waals surface area (Å²) in [6.07, 6.45) is 8.62. The molecule has 3 heterocycles. The minimum atomic E-state index is -0.986. The molecule has 2 saturated heterocycles. The first-order valence-electron chi connectivity index (χ1n) is 14.5. The highest BCUT2D eigenvalue weighted by Crippen LogP contribution is 2.52. The van der Waals surface area contributed by atoms with Crippen LogP contribution in [-0.2, 0) is 28.7 Å². The van der Waals surface area contributed by atoms with Gasteiger partial charge in [0.25, 0.3) is 0 Å². The molecule has 0 bridgehead atoms. The molecule has 3 fully saturated rings. The molecule has 210 valence electrons. The van der Waals surface area contributed by atoms with Gasteiger partial charge in [0.15, 0.2) is 0 Å². The highest BCUT2D eigenvalue weighted by Gasteiger charge is 2.60. The van der Waals surface area contributed by atoms with E-state index in [9.17, 15) is 19.2 Å². The summed E-state index contributed by atoms with van der Waals surface area (Å²) < 4.78 is 16.2. The molecule has 1 aromatic carbocycles. The van der Waals surface area contributed by atoms with Crippen LogP contribution in [0.25, 0.3) is 0 Å². The van der Waals surface area contributed by atoms with Crippen LogP contribution in [0.1, 0.15) is 99.3 Å². The Bertz CT molecular complexity index is 1300. The smallest absolute Gasteiger partial charge is 0.322 e. The summed E-state index contributed by atoms with van der Waals surface area (Å²) in [7, 11) is 0. The third-order valence-corrected chi connectivity index (χ3v) is 9.22. The van der Waals surface area contributed by atoms with Gasteiger partial charge in [-0.3, -0.25) is 19.2 Å². The minimum Gasteiger partial charge on any atom is -0.472 e. The number of hydrogen-bond donors (Lipinski definition) is 0. The standard InChI is InChI=1S/C31H34N2O7/c1-2-3-4-7-17-10-12-18(13-11-17)22-14-15-23(33-32-22)38-28-25(21-16-24(34)39-29(21)35)19-8-5-6-9-20(19)26-27(28)31(37)40-30(26)36/h5-6,8-9,14-15,17-18,21,25-28H,2-4,7,10-13,16H2,1H3. The van der Waals surface area contributed by atoms with Crippen molar-refractivity contribution in [3.05, 3.63) is 53.2 Å². The molecule has 1 aromatic heterocycles. The highest BCUT2D eigenvalue weighted by atomic mass is 16.6. The summed E-state index contributed by atoms with van der Waals surface area (Å²) >= 11 is 0. The van der Waals surface area contributed by atoms with Gasteiger partial charge in [0.05, 0.1) is 24.0 Å². The number of esters is 4. The predicted octanol–water partition coefficient (Wildman–Crippen LogP) is 4.75. The predicted molar refractivity (Wildman–Crippen MR) is 141 cm³/mol. The summed E-state index contributed by atoms with van der Waals surface area (Å²) in [5.74, 6) is -4.73. The van der Waals surface area contributed by atoms with Gasteiger partial charge >= 0.3 is 23.9 Å². The molecule has 1 saturated carbocycles. The highest BCUT2D eigenvalue weighted by molar-refractivity contribution is 6.01. The molecule has 40 heavy (non-hydrogen) atoms. The van der Waals surface area contributed by atoms with Crippen LogP contribution in [0.2, 0.25) is 0 Å². The van der Waals surface area contributed by atoms with Crippen molar-refractivity contribution in [1.82, 2.24) is 10.2 Å². The summed E-state index contributed by atoms with van der Waals surface area (Å²) in [6.45, 7) is 2.23. The van der Waals surface area contributed by atoms with E-state index in [-0.39, 0.29) is 12.3 Å². The molecule has 5 unspecified atom stereocenters. The molecule has 0 radical (unpaired) electrons. The Morgan fingerprint density at radius 1 is 0.825 bits per heavy atom. The zero-order valence-electron chi connectivity index (χ0n) is 22.6. The zero-order valence-corrected chi connectivity index (χ0v) is 22.6. The number of carbonyl (C=O) groups is 4. The van der Waals surface area contributed by atoms with Gasteiger partial charge in [-0.25, -0.2) is 0 Å². The first-order valence-corrected chi connectivity index (χ1v) is 14.5. The molecule has 5 atom stereocenters. The van der Waals surface area contributed by atoms with Gasteiger partial charge in [0.2, 0.25) is 5.88 Å². The average molecular weight is 547 g/mol. The van der Waals surface area contributed by atoms with E-state index < -0.39 is 53.7 Å². The third kappa shape index (κ3) is 4.90. The van der Waals surface area contributed by atoms with Crippen molar-refractivity contribution >= 4 is 23.9 Å². The monoisotopic (exact) mass is 546 g/mol. The second-order valence-corrected chi connectivity index (χ2v) is 11.6. The van der Waals surface area contributed by atoms with Crippen LogP contribution in [0.4, 0.5) is 0 Å². The SMILES string of the molecule is CCCCCC1CCC(c2ccc(OC3C4C(=O)OC(=O)C4c4ccccc4C3C3CC(=O)OC3=O)nn2)CC1. The topological polar surface area (TPSA) is 122 Å². The molecular formula is C31H34N2O7. The molecule has 2 aliphatic heterocycles. The van der Waals surface area contributed by atoms with Crippen molar-refractivity contribution < 1.29 is 33.4 Å². The Morgan fingerprint density at radius 2 is 1.60 bits per heavy atom. The number of hydrogen-bond acceptors (Lipinski definition) is 9. The quantitative estimate of drug-likeness (QED) is 0.262. The van der Waals surface area contributed by atoms with Gasteiger partial charge in [0, 0.05) is 17.9 Å². The van der Waals surface area contributed by atoms with Gasteiger partial charge in [-0.1, -0.05) is 56.9 Å². The van der Waals surface area contributed by atoms with E-state index in [4.69, 9.17) is 14.2 Å². The van der Waals surface area contributed by atoms with E-state index in [1.54, 1.807) is 30.3 Å². The lowest BCUT2D eigenvalue weighted by Gasteiger charge is -2.39. The van der Waals surface area contributed by atoms with Crippen molar-refractivity contribution in [3.8, 4) is 5.88 Å². The number of ether oxygens (including phenoxy) is 3. The fourth-order valence-corrected chi connectivity index (χ4v) is 7.19. The number of fused-ring (bicyclic) bond motifs is 3. The normalized spacial score (nSPS) is 31.4. The van der Waals surface area contributed by atoms with Crippen molar-refractivity contribution in [2.45, 2.75) is 88.6 Å². The first-order chi connectivity index (χ1) is 19.4. The number of unbranched alkanes of at least 4 members (excludes halogenated alkanes) is 2. The van der Waals surface area contributed by atoms with E-state index in [0.717, 1.165) is 24.5 Å². The number of cyclic esters (lactones) is 4. The van der Waals surface area contributed by atoms with Crippen molar-refractivity contribution in [3.63, 3.8) is 0 Å². The average Bonchev–Trinajstić information content (AvgIpc) is 3.45. The fourth-order valence-electron chi connectivity index (χ4n) is 7.19. The fraction of sp³-hybridized carbons (Fsp3) is 0.548. The van der Waals surface area contributed by atoms with Crippen LogP contribution >= 0.6 is 0 Å². The van der Waals surface area contributed by atoms with Gasteiger partial charge in [-0.2, -0.15) is 5.10 Å². The second kappa shape index (κ2) is 11.1. The molecule has 2 aromatic rings. The number of benzene rings is 1. The first kappa shape index (κ1) is 26.6. The minimum absolute atomic E-state index is 0.135. The Morgan fingerprint density at radius 3 is 2.27 bits per heavy atom. The Labute approximate surface area is 233 Å². The maximum atomic E-state index is 13.0. The maximum Gasteiger partial charge on any atom is 0.322 e. The Balaban J connectivity index is 1.24. The van der Waals surface area contributed by atoms with Gasteiger partial charge < -0.3 is 14.2 Å². The van der Waals surface area contributed by atoms with Crippen molar-refractivity contribution in [2.24, 2.45) is 17.8 Å². The van der Waals surface area contributed by atoms with E-state index in [2.05, 4.69) is 17.1 Å². The molecule has 6 rings (SSSR count). The lowest BCUT2D eigenvalue weighted by atomic mass is 9.65. The van der Waals surface area contributed by atoms with Crippen molar-refractivity contribution in [2.75, 3.05) is 0 Å². The molecule has 4 aliphatic rings. The summed E-state index contributed by atoms with van der Waals surface area (Å²) in [4.78, 5) is 50.5. The molecular weight excluding hydrogens is 512 g/mol. The van der Waals surface area contributed by atoms with Crippen LogP contribution in [-0.4, -0.2) is 40.2 Å². The number of carbonyl (C=O) groups excluding carboxylic acids is 4. The lowest BCUT2D eigenvalue weighted by Crippen LogP contribution is -2.46. The van der Waals surface area contributed by atoms with Gasteiger partial charge in [-0.05, 0) is 48.8 Å². The van der Waals surface area contributed by atoms with Gasteiger partial charge in [-0.15, -0.1) is 5.10 Å². The Kier molecular flexibility index (Phi) is 7.38. The molecule has 2 aliphatic carbocycles. The van der Waals surface area contributed by atoms with E-state index >= 15 is 0 Å². The maximum absolute atomic E-state index is 13.0. The summed E-state index contributed by atoms with van der Waals surface area (Å²) in [5, 5.41) is 8.82. The van der Waals surface area contributed by atoms with Crippen LogP contribution in [0.3, 0.4) is 0 Å². The van der Waals surface area contributed by atoms with Crippen LogP contribution in [0.15, 0.2) is 36.4 Å². The molecule has 9 nitrogen and oxygen atoms in total. The van der Waals surface area contributed by atoms with Crippen LogP contribution in [0, 0.1) is 17.8 Å². The summed E-state index contributed by atoms with van der Waals surface area (Å²) in [6, 6.07) is 10.8. The largest absolute Gasteiger partial charge is 0.472 e.